The van der Waals surface area contributed by atoms with E-state index < -0.39 is 21.7 Å². The molecule has 0 aliphatic carbocycles. The van der Waals surface area contributed by atoms with Crippen molar-refractivity contribution in [3.05, 3.63) is 59.2 Å². The van der Waals surface area contributed by atoms with Crippen LogP contribution in [0.5, 0.6) is 0 Å². The molecule has 0 saturated carbocycles. The number of rotatable bonds is 5. The van der Waals surface area contributed by atoms with Crippen molar-refractivity contribution in [3.8, 4) is 0 Å². The summed E-state index contributed by atoms with van der Waals surface area (Å²) in [5, 5.41) is 2.50. The van der Waals surface area contributed by atoms with Crippen molar-refractivity contribution in [1.29, 1.82) is 0 Å². The first-order valence-electron chi connectivity index (χ1n) is 7.58. The second-order valence-electron chi connectivity index (χ2n) is 5.91. The smallest absolute Gasteiger partial charge is 0.296 e. The maximum Gasteiger partial charge on any atom is 0.296 e. The molecule has 0 spiro atoms. The molecule has 0 aromatic heterocycles. The number of hydrogen-bond acceptors (Lipinski definition) is 4. The number of sulfonamides is 1. The normalized spacial score (nSPS) is 11.4. The van der Waals surface area contributed by atoms with Crippen molar-refractivity contribution in [1.82, 2.24) is 4.31 Å². The Labute approximate surface area is 147 Å². The summed E-state index contributed by atoms with van der Waals surface area (Å²) in [6.45, 7) is 3.60. The van der Waals surface area contributed by atoms with Crippen LogP contribution in [-0.2, 0) is 14.8 Å². The number of anilines is 1. The molecule has 0 atom stereocenters. The van der Waals surface area contributed by atoms with Crippen LogP contribution in [0.15, 0.2) is 47.4 Å². The van der Waals surface area contributed by atoms with Gasteiger partial charge in [-0.15, -0.1) is 0 Å². The number of carbonyl (C=O) groups is 2. The molecule has 0 heterocycles. The van der Waals surface area contributed by atoms with Crippen LogP contribution in [-0.4, -0.2) is 38.5 Å². The minimum Gasteiger partial charge on any atom is -0.319 e. The molecule has 132 valence electrons. The van der Waals surface area contributed by atoms with Gasteiger partial charge in [0.15, 0.2) is 0 Å². The summed E-state index contributed by atoms with van der Waals surface area (Å²) in [5.41, 5.74) is 2.20. The van der Waals surface area contributed by atoms with Gasteiger partial charge in [-0.3, -0.25) is 9.59 Å². The van der Waals surface area contributed by atoms with Crippen LogP contribution in [0, 0.1) is 13.8 Å². The molecule has 2 aromatic rings. The van der Waals surface area contributed by atoms with Gasteiger partial charge in [0, 0.05) is 25.3 Å². The molecule has 6 nitrogen and oxygen atoms in total. The molecule has 0 radical (unpaired) electrons. The first-order chi connectivity index (χ1) is 11.6. The number of aryl methyl sites for hydroxylation is 2. The van der Waals surface area contributed by atoms with Gasteiger partial charge < -0.3 is 5.32 Å². The van der Waals surface area contributed by atoms with Gasteiger partial charge >= 0.3 is 0 Å². The summed E-state index contributed by atoms with van der Waals surface area (Å²) in [6.07, 6.45) is 0. The van der Waals surface area contributed by atoms with Crippen LogP contribution in [0.2, 0.25) is 0 Å². The molecule has 2 aromatic carbocycles. The zero-order chi connectivity index (χ0) is 18.8. The standard InChI is InChI=1S/C18H20N2O4S/c1-12-5-8-14(9-6-12)17(21)18(22)19-16-11-15(10-7-13(16)2)25(23,24)20(3)4/h5-11H,1-4H3,(H,19,22). The van der Waals surface area contributed by atoms with E-state index in [2.05, 4.69) is 5.32 Å². The van der Waals surface area contributed by atoms with Crippen molar-refractivity contribution in [2.24, 2.45) is 0 Å². The van der Waals surface area contributed by atoms with Crippen molar-refractivity contribution < 1.29 is 18.0 Å². The van der Waals surface area contributed by atoms with Crippen LogP contribution in [0.3, 0.4) is 0 Å². The van der Waals surface area contributed by atoms with E-state index in [1.165, 1.54) is 26.2 Å². The van der Waals surface area contributed by atoms with Gasteiger partial charge in [0.05, 0.1) is 4.90 Å². The summed E-state index contributed by atoms with van der Waals surface area (Å²) in [4.78, 5) is 24.5. The predicted octanol–water partition coefficient (Wildman–Crippen LogP) is 2.38. The van der Waals surface area contributed by atoms with Gasteiger partial charge in [0.2, 0.25) is 10.0 Å². The fraction of sp³-hybridized carbons (Fsp3) is 0.222. The number of carbonyl (C=O) groups excluding carboxylic acids is 2. The SMILES string of the molecule is Cc1ccc(C(=O)C(=O)Nc2cc(S(=O)(=O)N(C)C)ccc2C)cc1. The van der Waals surface area contributed by atoms with E-state index in [1.807, 2.05) is 6.92 Å². The Morgan fingerprint density at radius 2 is 1.56 bits per heavy atom. The minimum atomic E-state index is -3.63. The third-order valence-electron chi connectivity index (χ3n) is 3.76. The van der Waals surface area contributed by atoms with Crippen molar-refractivity contribution >= 4 is 27.4 Å². The van der Waals surface area contributed by atoms with Crippen LogP contribution in [0.4, 0.5) is 5.69 Å². The third-order valence-corrected chi connectivity index (χ3v) is 5.57. The molecule has 0 saturated heterocycles. The Morgan fingerprint density at radius 1 is 0.960 bits per heavy atom. The highest BCUT2D eigenvalue weighted by molar-refractivity contribution is 7.89. The average molecular weight is 360 g/mol. The molecule has 1 amide bonds. The highest BCUT2D eigenvalue weighted by atomic mass is 32.2. The molecule has 2 rings (SSSR count). The third kappa shape index (κ3) is 4.12. The van der Waals surface area contributed by atoms with Gasteiger partial charge in [-0.1, -0.05) is 35.9 Å². The number of hydrogen-bond donors (Lipinski definition) is 1. The Hall–Kier alpha value is -2.51. The van der Waals surface area contributed by atoms with Crippen LogP contribution in [0.1, 0.15) is 21.5 Å². The minimum absolute atomic E-state index is 0.0428. The zero-order valence-corrected chi connectivity index (χ0v) is 15.3. The summed E-state index contributed by atoms with van der Waals surface area (Å²) in [7, 11) is -0.782. The lowest BCUT2D eigenvalue weighted by Crippen LogP contribution is -2.24. The van der Waals surface area contributed by atoms with E-state index in [0.29, 0.717) is 5.56 Å². The molecule has 0 unspecified atom stereocenters. The highest BCUT2D eigenvalue weighted by Gasteiger charge is 2.21. The van der Waals surface area contributed by atoms with Crippen molar-refractivity contribution in [2.75, 3.05) is 19.4 Å². The molecule has 0 fully saturated rings. The molecule has 25 heavy (non-hydrogen) atoms. The lowest BCUT2D eigenvalue weighted by atomic mass is 10.1. The molecule has 0 aliphatic rings. The number of nitrogens with zero attached hydrogens (tertiary/aromatic N) is 1. The van der Waals surface area contributed by atoms with Gasteiger partial charge in [0.25, 0.3) is 11.7 Å². The average Bonchev–Trinajstić information content (AvgIpc) is 2.56. The highest BCUT2D eigenvalue weighted by Crippen LogP contribution is 2.22. The maximum absolute atomic E-state index is 12.2. The van der Waals surface area contributed by atoms with E-state index in [-0.39, 0.29) is 16.1 Å². The fourth-order valence-corrected chi connectivity index (χ4v) is 3.05. The number of ketones is 1. The Kier molecular flexibility index (Phi) is 5.39. The van der Waals surface area contributed by atoms with Gasteiger partial charge in [-0.2, -0.15) is 0 Å². The van der Waals surface area contributed by atoms with Crippen LogP contribution >= 0.6 is 0 Å². The van der Waals surface area contributed by atoms with Crippen molar-refractivity contribution in [3.63, 3.8) is 0 Å². The monoisotopic (exact) mass is 360 g/mol. The van der Waals surface area contributed by atoms with E-state index >= 15 is 0 Å². The van der Waals surface area contributed by atoms with Gasteiger partial charge in [-0.05, 0) is 31.5 Å². The quantitative estimate of drug-likeness (QED) is 0.655. The Morgan fingerprint density at radius 3 is 2.12 bits per heavy atom. The van der Waals surface area contributed by atoms with Crippen LogP contribution < -0.4 is 5.32 Å². The largest absolute Gasteiger partial charge is 0.319 e. The Bertz CT molecular complexity index is 917. The number of amides is 1. The molecule has 7 heteroatoms. The molecular formula is C18H20N2O4S. The van der Waals surface area contributed by atoms with Crippen molar-refractivity contribution in [2.45, 2.75) is 18.7 Å². The molecule has 0 aliphatic heterocycles. The molecule has 0 bridgehead atoms. The maximum atomic E-state index is 12.2. The van der Waals surface area contributed by atoms with Gasteiger partial charge in [0.1, 0.15) is 0 Å². The van der Waals surface area contributed by atoms with Crippen LogP contribution in [0.25, 0.3) is 0 Å². The molecular weight excluding hydrogens is 340 g/mol. The zero-order valence-electron chi connectivity index (χ0n) is 14.5. The second-order valence-corrected chi connectivity index (χ2v) is 8.07. The first-order valence-corrected chi connectivity index (χ1v) is 9.02. The summed E-state index contributed by atoms with van der Waals surface area (Å²) in [6, 6.07) is 11.1. The topological polar surface area (TPSA) is 83.5 Å². The summed E-state index contributed by atoms with van der Waals surface area (Å²) < 4.78 is 25.5. The second kappa shape index (κ2) is 7.16. The number of nitrogens with one attached hydrogen (secondary N) is 1. The van der Waals surface area contributed by atoms with E-state index in [9.17, 15) is 18.0 Å². The lowest BCUT2D eigenvalue weighted by Gasteiger charge is -2.14. The number of benzene rings is 2. The first kappa shape index (κ1) is 18.8. The lowest BCUT2D eigenvalue weighted by molar-refractivity contribution is -0.112. The number of Topliss-reactive ketones (excluding diaryl/α,β-unsaturated/α-hetero) is 1. The Balaban J connectivity index is 2.29. The fourth-order valence-electron chi connectivity index (χ4n) is 2.12. The van der Waals surface area contributed by atoms with E-state index in [4.69, 9.17) is 0 Å². The summed E-state index contributed by atoms with van der Waals surface area (Å²) in [5.74, 6) is -1.49. The van der Waals surface area contributed by atoms with Gasteiger partial charge in [-0.25, -0.2) is 12.7 Å². The summed E-state index contributed by atoms with van der Waals surface area (Å²) >= 11 is 0. The van der Waals surface area contributed by atoms with E-state index in [0.717, 1.165) is 9.87 Å². The molecule has 1 N–H and O–H groups in total. The van der Waals surface area contributed by atoms with E-state index in [1.54, 1.807) is 37.3 Å². The predicted molar refractivity (Wildman–Crippen MR) is 96.2 cm³/mol.